The molecule has 1 N–H and O–H groups in total. The molecule has 1 aromatic carbocycles. The largest absolute Gasteiger partial charge is 0.349 e. The number of aromatic nitrogens is 4. The zero-order valence-electron chi connectivity index (χ0n) is 11.5. The number of hydrogen-bond acceptors (Lipinski definition) is 4. The standard InChI is InChI=1S/C14H14N4O2/c1-4-18-10-6-8(3)7(2)5-9(10)15-11-12(18)16-14(20)17-13(11)19/h5-6H,4H2,1-3H3,(H,17,19,20). The third-order valence-corrected chi connectivity index (χ3v) is 3.54. The SMILES string of the molecule is CCn1c2nc(=O)[nH]c(=O)c-2nc2cc(C)c(C)cc21. The van der Waals surface area contributed by atoms with Gasteiger partial charge in [-0.1, -0.05) is 0 Å². The summed E-state index contributed by atoms with van der Waals surface area (Å²) in [5.74, 6) is 0.331. The highest BCUT2D eigenvalue weighted by Gasteiger charge is 2.18. The third-order valence-electron chi connectivity index (χ3n) is 3.54. The summed E-state index contributed by atoms with van der Waals surface area (Å²) in [6.07, 6.45) is 0. The Kier molecular flexibility index (Phi) is 2.67. The lowest BCUT2D eigenvalue weighted by Gasteiger charge is -2.16. The highest BCUT2D eigenvalue weighted by molar-refractivity contribution is 5.80. The van der Waals surface area contributed by atoms with Gasteiger partial charge < -0.3 is 4.57 Å². The van der Waals surface area contributed by atoms with Crippen LogP contribution in [0.15, 0.2) is 21.7 Å². The van der Waals surface area contributed by atoms with Gasteiger partial charge in [0.25, 0.3) is 5.56 Å². The van der Waals surface area contributed by atoms with Crippen molar-refractivity contribution in [2.45, 2.75) is 27.3 Å². The Morgan fingerprint density at radius 3 is 2.55 bits per heavy atom. The van der Waals surface area contributed by atoms with Crippen LogP contribution in [0.5, 0.6) is 0 Å². The topological polar surface area (TPSA) is 80.6 Å². The second kappa shape index (κ2) is 4.26. The Morgan fingerprint density at radius 2 is 1.85 bits per heavy atom. The summed E-state index contributed by atoms with van der Waals surface area (Å²) in [4.78, 5) is 33.7. The van der Waals surface area contributed by atoms with E-state index in [4.69, 9.17) is 0 Å². The van der Waals surface area contributed by atoms with Gasteiger partial charge in [-0.2, -0.15) is 4.98 Å². The van der Waals surface area contributed by atoms with Gasteiger partial charge in [0.1, 0.15) is 0 Å². The number of H-pyrrole nitrogens is 1. The smallest absolute Gasteiger partial charge is 0.323 e. The number of aromatic amines is 1. The predicted octanol–water partition coefficient (Wildman–Crippen LogP) is 1.22. The first kappa shape index (κ1) is 12.5. The fraction of sp³-hybridized carbons (Fsp3) is 0.286. The summed E-state index contributed by atoms with van der Waals surface area (Å²) in [6.45, 7) is 6.57. The molecule has 2 aliphatic heterocycles. The van der Waals surface area contributed by atoms with Crippen LogP contribution in [0.4, 0.5) is 0 Å². The fourth-order valence-electron chi connectivity index (χ4n) is 2.37. The van der Waals surface area contributed by atoms with Crippen LogP contribution in [0.25, 0.3) is 22.6 Å². The maximum atomic E-state index is 11.9. The molecule has 0 unspecified atom stereocenters. The first-order valence-electron chi connectivity index (χ1n) is 6.43. The van der Waals surface area contributed by atoms with Crippen LogP contribution in [0, 0.1) is 13.8 Å². The summed E-state index contributed by atoms with van der Waals surface area (Å²) < 4.78 is 1.85. The van der Waals surface area contributed by atoms with E-state index in [9.17, 15) is 9.59 Å². The zero-order valence-corrected chi connectivity index (χ0v) is 11.5. The molecule has 102 valence electrons. The highest BCUT2D eigenvalue weighted by Crippen LogP contribution is 2.23. The molecule has 6 nitrogen and oxygen atoms in total. The molecule has 20 heavy (non-hydrogen) atoms. The molecule has 2 aliphatic rings. The van der Waals surface area contributed by atoms with E-state index in [1.807, 2.05) is 37.5 Å². The first-order valence-corrected chi connectivity index (χ1v) is 6.43. The second-order valence-electron chi connectivity index (χ2n) is 4.82. The van der Waals surface area contributed by atoms with Crippen molar-refractivity contribution in [3.8, 4) is 11.5 Å². The Bertz CT molecular complexity index is 908. The molecule has 0 bridgehead atoms. The first-order chi connectivity index (χ1) is 9.51. The Hall–Kier alpha value is -2.50. The molecule has 0 aromatic heterocycles. The summed E-state index contributed by atoms with van der Waals surface area (Å²) in [6, 6.07) is 3.95. The van der Waals surface area contributed by atoms with Gasteiger partial charge in [-0.15, -0.1) is 0 Å². The van der Waals surface area contributed by atoms with Crippen LogP contribution in [0.2, 0.25) is 0 Å². The van der Waals surface area contributed by atoms with Gasteiger partial charge in [0.15, 0.2) is 11.5 Å². The maximum Gasteiger partial charge on any atom is 0.349 e. The Morgan fingerprint density at radius 1 is 1.15 bits per heavy atom. The summed E-state index contributed by atoms with van der Waals surface area (Å²) in [7, 11) is 0. The monoisotopic (exact) mass is 270 g/mol. The molecule has 0 atom stereocenters. The van der Waals surface area contributed by atoms with Crippen LogP contribution >= 0.6 is 0 Å². The number of nitrogens with zero attached hydrogens (tertiary/aromatic N) is 3. The number of hydrogen-bond donors (Lipinski definition) is 1. The molecule has 0 fully saturated rings. The quantitative estimate of drug-likeness (QED) is 0.674. The number of rotatable bonds is 1. The van der Waals surface area contributed by atoms with Crippen LogP contribution in [-0.2, 0) is 6.54 Å². The lowest BCUT2D eigenvalue weighted by Crippen LogP contribution is -2.28. The van der Waals surface area contributed by atoms with Gasteiger partial charge >= 0.3 is 5.69 Å². The van der Waals surface area contributed by atoms with Crippen molar-refractivity contribution in [2.75, 3.05) is 0 Å². The minimum atomic E-state index is -0.644. The predicted molar refractivity (Wildman–Crippen MR) is 76.2 cm³/mol. The van der Waals surface area contributed by atoms with E-state index >= 15 is 0 Å². The van der Waals surface area contributed by atoms with Crippen molar-refractivity contribution < 1.29 is 0 Å². The van der Waals surface area contributed by atoms with Gasteiger partial charge in [0, 0.05) is 6.54 Å². The van der Waals surface area contributed by atoms with Gasteiger partial charge in [0.2, 0.25) is 0 Å². The molecule has 0 amide bonds. The number of benzene rings is 1. The molecule has 0 saturated heterocycles. The van der Waals surface area contributed by atoms with E-state index in [1.54, 1.807) is 0 Å². The lowest BCUT2D eigenvalue weighted by molar-refractivity contribution is 0.760. The molecular formula is C14H14N4O2. The van der Waals surface area contributed by atoms with E-state index in [1.165, 1.54) is 0 Å². The van der Waals surface area contributed by atoms with Crippen molar-refractivity contribution in [3.05, 3.63) is 44.1 Å². The minimum Gasteiger partial charge on any atom is -0.323 e. The van der Waals surface area contributed by atoms with Crippen molar-refractivity contribution >= 4 is 11.0 Å². The summed E-state index contributed by atoms with van der Waals surface area (Å²) in [5.41, 5.74) is 2.90. The van der Waals surface area contributed by atoms with Gasteiger partial charge in [-0.05, 0) is 44.0 Å². The number of aryl methyl sites for hydroxylation is 3. The summed E-state index contributed by atoms with van der Waals surface area (Å²) in [5, 5.41) is 0. The van der Waals surface area contributed by atoms with Gasteiger partial charge in [-0.3, -0.25) is 9.78 Å². The summed E-state index contributed by atoms with van der Waals surface area (Å²) >= 11 is 0. The molecule has 2 heterocycles. The molecule has 6 heteroatoms. The van der Waals surface area contributed by atoms with E-state index in [2.05, 4.69) is 15.0 Å². The van der Waals surface area contributed by atoms with Crippen molar-refractivity contribution in [2.24, 2.45) is 0 Å². The maximum absolute atomic E-state index is 11.9. The van der Waals surface area contributed by atoms with Crippen molar-refractivity contribution in [1.29, 1.82) is 0 Å². The molecule has 0 radical (unpaired) electrons. The van der Waals surface area contributed by atoms with E-state index in [0.29, 0.717) is 12.4 Å². The normalized spacial score (nSPS) is 11.3. The van der Waals surface area contributed by atoms with E-state index in [-0.39, 0.29) is 5.69 Å². The van der Waals surface area contributed by atoms with E-state index in [0.717, 1.165) is 22.2 Å². The second-order valence-corrected chi connectivity index (χ2v) is 4.82. The van der Waals surface area contributed by atoms with Crippen molar-refractivity contribution in [1.82, 2.24) is 19.5 Å². The number of fused-ring (bicyclic) bond motifs is 2. The van der Waals surface area contributed by atoms with Crippen LogP contribution < -0.4 is 11.2 Å². The van der Waals surface area contributed by atoms with Gasteiger partial charge in [-0.25, -0.2) is 9.78 Å². The zero-order chi connectivity index (χ0) is 14.4. The minimum absolute atomic E-state index is 0.196. The molecule has 3 rings (SSSR count). The van der Waals surface area contributed by atoms with Crippen LogP contribution in [0.1, 0.15) is 18.1 Å². The fourth-order valence-corrected chi connectivity index (χ4v) is 2.37. The Balaban J connectivity index is 2.61. The average molecular weight is 270 g/mol. The number of nitrogens with one attached hydrogen (secondary N) is 1. The molecule has 0 spiro atoms. The highest BCUT2D eigenvalue weighted by atomic mass is 16.2. The van der Waals surface area contributed by atoms with Crippen LogP contribution in [0.3, 0.4) is 0 Å². The third kappa shape index (κ3) is 1.72. The Labute approximate surface area is 114 Å². The molecule has 1 aromatic rings. The average Bonchev–Trinajstić information content (AvgIpc) is 2.39. The van der Waals surface area contributed by atoms with Crippen molar-refractivity contribution in [3.63, 3.8) is 0 Å². The molecule has 0 aliphatic carbocycles. The van der Waals surface area contributed by atoms with E-state index < -0.39 is 11.2 Å². The molecular weight excluding hydrogens is 256 g/mol. The van der Waals surface area contributed by atoms with Crippen LogP contribution in [-0.4, -0.2) is 19.5 Å². The van der Waals surface area contributed by atoms with Gasteiger partial charge in [0.05, 0.1) is 11.0 Å². The lowest BCUT2D eigenvalue weighted by atomic mass is 10.1. The molecule has 0 saturated carbocycles.